The molecule has 0 radical (unpaired) electrons. The van der Waals surface area contributed by atoms with Crippen LogP contribution in [0.5, 0.6) is 0 Å². The lowest BCUT2D eigenvalue weighted by molar-refractivity contribution is 0.0943. The second kappa shape index (κ2) is 9.26. The monoisotopic (exact) mass is 406 g/mol. The Bertz CT molecular complexity index is 997. The van der Waals surface area contributed by atoms with Gasteiger partial charge in [0.05, 0.1) is 11.9 Å². The summed E-state index contributed by atoms with van der Waals surface area (Å²) in [6.07, 6.45) is 6.42. The second-order valence-electron chi connectivity index (χ2n) is 7.98. The van der Waals surface area contributed by atoms with E-state index >= 15 is 0 Å². The minimum atomic E-state index is -0.0273. The molecule has 0 aliphatic carbocycles. The quantitative estimate of drug-likeness (QED) is 0.561. The Morgan fingerprint density at radius 1 is 1.20 bits per heavy atom. The highest BCUT2D eigenvalue weighted by molar-refractivity contribution is 5.94. The van der Waals surface area contributed by atoms with Crippen LogP contribution in [-0.2, 0) is 0 Å². The van der Waals surface area contributed by atoms with Crippen LogP contribution in [0.15, 0.2) is 42.6 Å². The largest absolute Gasteiger partial charge is 0.369 e. The van der Waals surface area contributed by atoms with Gasteiger partial charge in [-0.3, -0.25) is 4.79 Å². The topological polar surface area (TPSA) is 74.6 Å². The second-order valence-corrected chi connectivity index (χ2v) is 7.98. The number of imidazole rings is 1. The molecule has 1 aliphatic heterocycles. The molecular weight excluding hydrogens is 376 g/mol. The minimum absolute atomic E-state index is 0.0273. The molecule has 0 unspecified atom stereocenters. The van der Waals surface area contributed by atoms with E-state index in [9.17, 15) is 4.79 Å². The molecule has 0 saturated carbocycles. The first-order chi connectivity index (χ1) is 14.7. The molecule has 1 saturated heterocycles. The van der Waals surface area contributed by atoms with Crippen molar-refractivity contribution in [3.05, 3.63) is 48.2 Å². The predicted molar refractivity (Wildman–Crippen MR) is 120 cm³/mol. The molecule has 3 heterocycles. The highest BCUT2D eigenvalue weighted by Crippen LogP contribution is 2.22. The molecule has 0 bridgehead atoms. The van der Waals surface area contributed by atoms with E-state index in [4.69, 9.17) is 0 Å². The van der Waals surface area contributed by atoms with Crippen molar-refractivity contribution in [1.29, 1.82) is 0 Å². The molecule has 158 valence electrons. The van der Waals surface area contributed by atoms with E-state index in [1.54, 1.807) is 0 Å². The SMILES string of the molecule is CCCCNc1ccc2ncc(-c3ccc(C(=O)NC[C@@H]4CCCN4C)cc3)n2n1. The van der Waals surface area contributed by atoms with Gasteiger partial charge >= 0.3 is 0 Å². The van der Waals surface area contributed by atoms with Crippen LogP contribution in [0.2, 0.25) is 0 Å². The molecule has 3 aromatic rings. The number of nitrogens with zero attached hydrogens (tertiary/aromatic N) is 4. The van der Waals surface area contributed by atoms with Gasteiger partial charge in [0, 0.05) is 30.3 Å². The summed E-state index contributed by atoms with van der Waals surface area (Å²) >= 11 is 0. The zero-order valence-corrected chi connectivity index (χ0v) is 17.8. The van der Waals surface area contributed by atoms with E-state index in [-0.39, 0.29) is 5.91 Å². The number of rotatable bonds is 8. The van der Waals surface area contributed by atoms with Crippen LogP contribution in [0.1, 0.15) is 43.0 Å². The fourth-order valence-corrected chi connectivity index (χ4v) is 3.90. The number of anilines is 1. The zero-order valence-electron chi connectivity index (χ0n) is 17.8. The minimum Gasteiger partial charge on any atom is -0.369 e. The summed E-state index contributed by atoms with van der Waals surface area (Å²) in [5.41, 5.74) is 3.35. The third-order valence-electron chi connectivity index (χ3n) is 5.81. The first-order valence-corrected chi connectivity index (χ1v) is 10.8. The first-order valence-electron chi connectivity index (χ1n) is 10.8. The molecule has 7 heteroatoms. The molecule has 4 rings (SSSR count). The fraction of sp³-hybridized carbons (Fsp3) is 0.435. The van der Waals surface area contributed by atoms with Crippen molar-refractivity contribution in [3.8, 4) is 11.3 Å². The molecule has 30 heavy (non-hydrogen) atoms. The number of likely N-dealkylation sites (N-methyl/N-ethyl adjacent to an activating group) is 1. The number of aromatic nitrogens is 3. The van der Waals surface area contributed by atoms with E-state index in [1.807, 2.05) is 47.1 Å². The van der Waals surface area contributed by atoms with Crippen LogP contribution in [0.3, 0.4) is 0 Å². The Labute approximate surface area is 177 Å². The van der Waals surface area contributed by atoms with Gasteiger partial charge in [-0.15, -0.1) is 5.10 Å². The molecule has 1 fully saturated rings. The fourth-order valence-electron chi connectivity index (χ4n) is 3.90. The number of hydrogen-bond donors (Lipinski definition) is 2. The summed E-state index contributed by atoms with van der Waals surface area (Å²) in [6.45, 7) is 4.88. The summed E-state index contributed by atoms with van der Waals surface area (Å²) in [5, 5.41) is 11.1. The molecular formula is C23H30N6O. The van der Waals surface area contributed by atoms with Crippen LogP contribution < -0.4 is 10.6 Å². The summed E-state index contributed by atoms with van der Waals surface area (Å²) < 4.78 is 1.85. The Hall–Kier alpha value is -2.93. The van der Waals surface area contributed by atoms with Gasteiger partial charge in [0.25, 0.3) is 5.91 Å². The highest BCUT2D eigenvalue weighted by Gasteiger charge is 2.21. The average Bonchev–Trinajstić information content (AvgIpc) is 3.38. The Morgan fingerprint density at radius 2 is 2.03 bits per heavy atom. The third kappa shape index (κ3) is 4.46. The van der Waals surface area contributed by atoms with E-state index in [1.165, 1.54) is 6.42 Å². The number of carbonyl (C=O) groups is 1. The smallest absolute Gasteiger partial charge is 0.251 e. The maximum atomic E-state index is 12.5. The number of nitrogens with one attached hydrogen (secondary N) is 2. The van der Waals surface area contributed by atoms with Gasteiger partial charge in [0.1, 0.15) is 5.82 Å². The normalized spacial score (nSPS) is 16.8. The number of amides is 1. The lowest BCUT2D eigenvalue weighted by Gasteiger charge is -2.19. The molecule has 1 aliphatic rings. The maximum absolute atomic E-state index is 12.5. The van der Waals surface area contributed by atoms with Gasteiger partial charge in [-0.25, -0.2) is 9.50 Å². The number of fused-ring (bicyclic) bond motifs is 1. The van der Waals surface area contributed by atoms with Crippen molar-refractivity contribution in [1.82, 2.24) is 24.8 Å². The zero-order chi connectivity index (χ0) is 20.9. The lowest BCUT2D eigenvalue weighted by Crippen LogP contribution is -2.38. The van der Waals surface area contributed by atoms with Gasteiger partial charge in [0.15, 0.2) is 5.65 Å². The molecule has 1 atom stereocenters. The highest BCUT2D eigenvalue weighted by atomic mass is 16.1. The van der Waals surface area contributed by atoms with Gasteiger partial charge in [-0.05, 0) is 57.1 Å². The Balaban J connectivity index is 1.46. The van der Waals surface area contributed by atoms with Gasteiger partial charge < -0.3 is 15.5 Å². The first kappa shape index (κ1) is 20.3. The summed E-state index contributed by atoms with van der Waals surface area (Å²) in [4.78, 5) is 19.3. The number of likely N-dealkylation sites (tertiary alicyclic amines) is 1. The average molecular weight is 407 g/mol. The predicted octanol–water partition coefficient (Wildman–Crippen LogP) is 3.43. The van der Waals surface area contributed by atoms with Crippen LogP contribution >= 0.6 is 0 Å². The van der Waals surface area contributed by atoms with Crippen molar-refractivity contribution in [2.45, 2.75) is 38.6 Å². The van der Waals surface area contributed by atoms with Crippen molar-refractivity contribution < 1.29 is 4.79 Å². The van der Waals surface area contributed by atoms with Gasteiger partial charge in [-0.1, -0.05) is 25.5 Å². The van der Waals surface area contributed by atoms with E-state index in [0.29, 0.717) is 18.2 Å². The van der Waals surface area contributed by atoms with Crippen molar-refractivity contribution in [2.75, 3.05) is 32.0 Å². The summed E-state index contributed by atoms with van der Waals surface area (Å²) in [7, 11) is 2.12. The molecule has 1 amide bonds. The molecule has 2 N–H and O–H groups in total. The third-order valence-corrected chi connectivity index (χ3v) is 5.81. The van der Waals surface area contributed by atoms with Crippen LogP contribution in [0, 0.1) is 0 Å². The van der Waals surface area contributed by atoms with Crippen molar-refractivity contribution in [2.24, 2.45) is 0 Å². The van der Waals surface area contributed by atoms with Crippen LogP contribution in [0.25, 0.3) is 16.9 Å². The molecule has 1 aromatic carbocycles. The Kier molecular flexibility index (Phi) is 6.28. The number of benzene rings is 1. The maximum Gasteiger partial charge on any atom is 0.251 e. The lowest BCUT2D eigenvalue weighted by atomic mass is 10.1. The van der Waals surface area contributed by atoms with Crippen LogP contribution in [0.4, 0.5) is 5.82 Å². The van der Waals surface area contributed by atoms with E-state index in [2.05, 4.69) is 39.6 Å². The summed E-state index contributed by atoms with van der Waals surface area (Å²) in [6, 6.07) is 12.0. The molecule has 2 aromatic heterocycles. The van der Waals surface area contributed by atoms with E-state index in [0.717, 1.165) is 55.1 Å². The molecule has 7 nitrogen and oxygen atoms in total. The summed E-state index contributed by atoms with van der Waals surface area (Å²) in [5.74, 6) is 0.809. The molecule has 0 spiro atoms. The number of carbonyl (C=O) groups excluding carboxylic acids is 1. The Morgan fingerprint density at radius 3 is 2.77 bits per heavy atom. The standard InChI is InChI=1S/C23H30N6O/c1-3-4-13-24-21-11-12-22-25-16-20(29(22)27-21)17-7-9-18(10-8-17)23(30)26-15-19-6-5-14-28(19)2/h7-12,16,19H,3-6,13-15H2,1-2H3,(H,24,27)(H,26,30)/t19-/m0/s1. The van der Waals surface area contributed by atoms with E-state index < -0.39 is 0 Å². The number of hydrogen-bond acceptors (Lipinski definition) is 5. The van der Waals surface area contributed by atoms with Gasteiger partial charge in [-0.2, -0.15) is 0 Å². The van der Waals surface area contributed by atoms with Crippen LogP contribution in [-0.4, -0.2) is 58.1 Å². The van der Waals surface area contributed by atoms with Crippen molar-refractivity contribution in [3.63, 3.8) is 0 Å². The van der Waals surface area contributed by atoms with Gasteiger partial charge in [0.2, 0.25) is 0 Å². The number of unbranched alkanes of at least 4 members (excludes halogenated alkanes) is 1. The van der Waals surface area contributed by atoms with Crippen molar-refractivity contribution >= 4 is 17.4 Å².